The van der Waals surface area contributed by atoms with Crippen LogP contribution in [0.5, 0.6) is 0 Å². The first-order chi connectivity index (χ1) is 9.56. The second-order valence-corrected chi connectivity index (χ2v) is 7.95. The van der Waals surface area contributed by atoms with Crippen LogP contribution in [0.3, 0.4) is 0 Å². The van der Waals surface area contributed by atoms with Crippen LogP contribution in [0.1, 0.15) is 25.3 Å². The molecular formula is C15H22N2O2S. The number of hydrogen-bond donors (Lipinski definition) is 1. The summed E-state index contributed by atoms with van der Waals surface area (Å²) in [6.45, 7) is 5.35. The molecule has 0 amide bonds. The molecule has 0 saturated carbocycles. The Morgan fingerprint density at radius 2 is 2.00 bits per heavy atom. The second-order valence-electron chi connectivity index (χ2n) is 6.01. The number of nitrogens with one attached hydrogen (secondary N) is 1. The zero-order valence-electron chi connectivity index (χ0n) is 11.9. The number of aryl methyl sites for hydroxylation is 1. The lowest BCUT2D eigenvalue weighted by atomic mass is 9.87. The van der Waals surface area contributed by atoms with E-state index in [-0.39, 0.29) is 5.41 Å². The second kappa shape index (κ2) is 5.13. The van der Waals surface area contributed by atoms with Crippen molar-refractivity contribution in [1.29, 1.82) is 0 Å². The molecule has 2 heterocycles. The van der Waals surface area contributed by atoms with Gasteiger partial charge in [0, 0.05) is 19.6 Å². The molecule has 3 rings (SSSR count). The maximum atomic E-state index is 12.7. The fourth-order valence-electron chi connectivity index (χ4n) is 3.29. The van der Waals surface area contributed by atoms with Gasteiger partial charge in [-0.25, -0.2) is 8.42 Å². The summed E-state index contributed by atoms with van der Waals surface area (Å²) in [4.78, 5) is 0.428. The number of hydrogen-bond acceptors (Lipinski definition) is 3. The van der Waals surface area contributed by atoms with Crippen molar-refractivity contribution in [2.75, 3.05) is 26.2 Å². The molecule has 1 unspecified atom stereocenters. The Morgan fingerprint density at radius 1 is 1.25 bits per heavy atom. The van der Waals surface area contributed by atoms with Gasteiger partial charge < -0.3 is 5.32 Å². The Bertz CT molecular complexity index is 574. The summed E-state index contributed by atoms with van der Waals surface area (Å²) < 4.78 is 27.0. The highest BCUT2D eigenvalue weighted by atomic mass is 32.2. The predicted octanol–water partition coefficient (Wildman–Crippen LogP) is 1.62. The zero-order valence-corrected chi connectivity index (χ0v) is 12.7. The lowest BCUT2D eigenvalue weighted by molar-refractivity contribution is 0.338. The molecule has 4 nitrogen and oxygen atoms in total. The molecule has 1 spiro atoms. The van der Waals surface area contributed by atoms with E-state index < -0.39 is 10.0 Å². The minimum absolute atomic E-state index is 0.177. The third-order valence-electron chi connectivity index (χ3n) is 4.70. The Kier molecular flexibility index (Phi) is 3.60. The van der Waals surface area contributed by atoms with Crippen LogP contribution >= 0.6 is 0 Å². The average Bonchev–Trinajstić information content (AvgIpc) is 3.10. The van der Waals surface area contributed by atoms with E-state index in [2.05, 4.69) is 12.2 Å². The van der Waals surface area contributed by atoms with Gasteiger partial charge in [0.05, 0.1) is 4.90 Å². The van der Waals surface area contributed by atoms with Gasteiger partial charge in [-0.05, 0) is 48.9 Å². The van der Waals surface area contributed by atoms with E-state index in [1.54, 1.807) is 16.4 Å². The van der Waals surface area contributed by atoms with Gasteiger partial charge in [0.15, 0.2) is 0 Å². The molecule has 0 radical (unpaired) electrons. The molecule has 1 atom stereocenters. The standard InChI is InChI=1S/C15H22N2O2S/c1-2-13-3-5-14(6-4-13)20(18,19)17-10-8-15(12-17)7-9-16-11-15/h3-6,16H,2,7-12H2,1H3. The van der Waals surface area contributed by atoms with E-state index in [4.69, 9.17) is 0 Å². The maximum Gasteiger partial charge on any atom is 0.243 e. The summed E-state index contributed by atoms with van der Waals surface area (Å²) in [7, 11) is -3.32. The molecule has 0 bridgehead atoms. The molecule has 1 aromatic carbocycles. The van der Waals surface area contributed by atoms with Crippen molar-refractivity contribution in [1.82, 2.24) is 9.62 Å². The summed E-state index contributed by atoms with van der Waals surface area (Å²) in [6, 6.07) is 7.31. The number of rotatable bonds is 3. The highest BCUT2D eigenvalue weighted by Gasteiger charge is 2.44. The van der Waals surface area contributed by atoms with E-state index in [1.165, 1.54) is 5.56 Å². The van der Waals surface area contributed by atoms with E-state index in [0.29, 0.717) is 18.0 Å². The summed E-state index contributed by atoms with van der Waals surface area (Å²) >= 11 is 0. The monoisotopic (exact) mass is 294 g/mol. The molecule has 1 aromatic rings. The molecule has 2 aliphatic rings. The van der Waals surface area contributed by atoms with Gasteiger partial charge in [0.2, 0.25) is 10.0 Å². The summed E-state index contributed by atoms with van der Waals surface area (Å²) in [5.74, 6) is 0. The van der Waals surface area contributed by atoms with E-state index in [0.717, 1.165) is 32.4 Å². The van der Waals surface area contributed by atoms with E-state index in [9.17, 15) is 8.42 Å². The van der Waals surface area contributed by atoms with Crippen LogP contribution in [0.2, 0.25) is 0 Å². The van der Waals surface area contributed by atoms with Gasteiger partial charge in [-0.15, -0.1) is 0 Å². The van der Waals surface area contributed by atoms with Crippen molar-refractivity contribution in [2.45, 2.75) is 31.1 Å². The van der Waals surface area contributed by atoms with Gasteiger partial charge in [-0.2, -0.15) is 4.31 Å². The molecule has 0 aromatic heterocycles. The Balaban J connectivity index is 1.81. The molecule has 0 aliphatic carbocycles. The lowest BCUT2D eigenvalue weighted by Gasteiger charge is -2.22. The molecule has 5 heteroatoms. The van der Waals surface area contributed by atoms with Crippen molar-refractivity contribution >= 4 is 10.0 Å². The minimum Gasteiger partial charge on any atom is -0.316 e. The SMILES string of the molecule is CCc1ccc(S(=O)(=O)N2CCC3(CCNC3)C2)cc1. The Hall–Kier alpha value is -0.910. The van der Waals surface area contributed by atoms with Crippen LogP contribution in [0, 0.1) is 5.41 Å². The third kappa shape index (κ3) is 2.38. The fourth-order valence-corrected chi connectivity index (χ4v) is 4.84. The minimum atomic E-state index is -3.32. The topological polar surface area (TPSA) is 49.4 Å². The van der Waals surface area contributed by atoms with Crippen molar-refractivity contribution in [3.8, 4) is 0 Å². The first-order valence-electron chi connectivity index (χ1n) is 7.36. The van der Waals surface area contributed by atoms with E-state index in [1.807, 2.05) is 12.1 Å². The normalized spacial score (nSPS) is 27.4. The number of nitrogens with zero attached hydrogens (tertiary/aromatic N) is 1. The van der Waals surface area contributed by atoms with Gasteiger partial charge in [0.1, 0.15) is 0 Å². The first-order valence-corrected chi connectivity index (χ1v) is 8.80. The highest BCUT2D eigenvalue weighted by molar-refractivity contribution is 7.89. The number of benzene rings is 1. The molecule has 110 valence electrons. The van der Waals surface area contributed by atoms with Crippen molar-refractivity contribution in [3.05, 3.63) is 29.8 Å². The quantitative estimate of drug-likeness (QED) is 0.921. The van der Waals surface area contributed by atoms with Crippen LogP contribution in [0.15, 0.2) is 29.2 Å². The molecule has 20 heavy (non-hydrogen) atoms. The smallest absolute Gasteiger partial charge is 0.243 e. The predicted molar refractivity (Wildman–Crippen MR) is 79.1 cm³/mol. The van der Waals surface area contributed by atoms with Crippen molar-refractivity contribution in [2.24, 2.45) is 5.41 Å². The average molecular weight is 294 g/mol. The van der Waals surface area contributed by atoms with Crippen LogP contribution in [0.4, 0.5) is 0 Å². The van der Waals surface area contributed by atoms with Crippen LogP contribution < -0.4 is 5.32 Å². The zero-order chi connectivity index (χ0) is 14.2. The maximum absolute atomic E-state index is 12.7. The Morgan fingerprint density at radius 3 is 2.60 bits per heavy atom. The molecule has 2 saturated heterocycles. The van der Waals surface area contributed by atoms with Crippen LogP contribution in [-0.2, 0) is 16.4 Å². The van der Waals surface area contributed by atoms with Gasteiger partial charge in [-0.1, -0.05) is 19.1 Å². The van der Waals surface area contributed by atoms with Gasteiger partial charge in [0.25, 0.3) is 0 Å². The lowest BCUT2D eigenvalue weighted by Crippen LogP contribution is -2.33. The summed E-state index contributed by atoms with van der Waals surface area (Å²) in [5, 5.41) is 3.36. The molecule has 1 N–H and O–H groups in total. The third-order valence-corrected chi connectivity index (χ3v) is 6.56. The molecular weight excluding hydrogens is 272 g/mol. The fraction of sp³-hybridized carbons (Fsp3) is 0.600. The summed E-state index contributed by atoms with van der Waals surface area (Å²) in [5.41, 5.74) is 1.35. The highest BCUT2D eigenvalue weighted by Crippen LogP contribution is 2.38. The van der Waals surface area contributed by atoms with Crippen LogP contribution in [-0.4, -0.2) is 38.9 Å². The van der Waals surface area contributed by atoms with Gasteiger partial charge in [-0.3, -0.25) is 0 Å². The number of sulfonamides is 1. The van der Waals surface area contributed by atoms with Crippen molar-refractivity contribution < 1.29 is 8.42 Å². The largest absolute Gasteiger partial charge is 0.316 e. The molecule has 2 aliphatic heterocycles. The molecule has 2 fully saturated rings. The summed E-state index contributed by atoms with van der Waals surface area (Å²) in [6.07, 6.45) is 3.00. The van der Waals surface area contributed by atoms with Gasteiger partial charge >= 0.3 is 0 Å². The first kappa shape index (κ1) is 14.0. The van der Waals surface area contributed by atoms with Crippen LogP contribution in [0.25, 0.3) is 0 Å². The van der Waals surface area contributed by atoms with E-state index >= 15 is 0 Å². The van der Waals surface area contributed by atoms with Crippen molar-refractivity contribution in [3.63, 3.8) is 0 Å². The Labute approximate surface area is 121 Å².